The molecule has 0 aliphatic carbocycles. The first-order valence-corrected chi connectivity index (χ1v) is 15.6. The van der Waals surface area contributed by atoms with Crippen molar-refractivity contribution in [3.63, 3.8) is 0 Å². The fraction of sp³-hybridized carbons (Fsp3) is 0.515. The number of likely N-dealkylation sites (N-methyl/N-ethyl adjacent to an activating group) is 1. The maximum atomic E-state index is 14.5. The van der Waals surface area contributed by atoms with Crippen molar-refractivity contribution < 1.29 is 23.4 Å². The molecule has 5 heterocycles. The van der Waals surface area contributed by atoms with Crippen LogP contribution in [0.2, 0.25) is 0 Å². The molecule has 6 rings (SSSR count). The molecule has 3 aliphatic rings. The lowest BCUT2D eigenvalue weighted by Gasteiger charge is -2.37. The Bertz CT molecular complexity index is 1460. The second-order valence-corrected chi connectivity index (χ2v) is 12.2. The van der Waals surface area contributed by atoms with Crippen LogP contribution in [0.3, 0.4) is 0 Å². The summed E-state index contributed by atoms with van der Waals surface area (Å²) in [5.74, 6) is 1.44. The van der Waals surface area contributed by atoms with Gasteiger partial charge in [0.25, 0.3) is 5.91 Å². The Labute approximate surface area is 258 Å². The van der Waals surface area contributed by atoms with E-state index in [1.165, 1.54) is 30.1 Å². The van der Waals surface area contributed by atoms with E-state index in [1.54, 1.807) is 11.1 Å². The van der Waals surface area contributed by atoms with E-state index in [9.17, 15) is 9.18 Å². The Morgan fingerprint density at radius 2 is 1.93 bits per heavy atom. The number of aromatic nitrogens is 3. The third-order valence-electron chi connectivity index (χ3n) is 8.67. The van der Waals surface area contributed by atoms with E-state index in [0.29, 0.717) is 37.9 Å². The first kappa shape index (κ1) is 30.2. The van der Waals surface area contributed by atoms with E-state index in [4.69, 9.17) is 14.2 Å². The summed E-state index contributed by atoms with van der Waals surface area (Å²) >= 11 is 0. The lowest BCUT2D eigenvalue weighted by molar-refractivity contribution is 0.00775. The predicted octanol–water partition coefficient (Wildman–Crippen LogP) is 4.87. The normalized spacial score (nSPS) is 19.5. The largest absolute Gasteiger partial charge is 0.490 e. The number of rotatable bonds is 8. The third kappa shape index (κ3) is 6.63. The first-order valence-electron chi connectivity index (χ1n) is 15.6. The van der Waals surface area contributed by atoms with Crippen LogP contribution in [0.15, 0.2) is 43.0 Å². The zero-order chi connectivity index (χ0) is 30.6. The number of ether oxygens (including phenoxy) is 3. The van der Waals surface area contributed by atoms with Gasteiger partial charge >= 0.3 is 0 Å². The molecular weight excluding hydrogens is 563 g/mol. The SMILES string of the molecule is CC(C)N(C(=O)c1cc(F)ccc1Oc1cncnc1N1CCC(Oc2ccnc3c2CN(C)CC3)CC1)[C@H]1CCCOC1. The maximum absolute atomic E-state index is 14.5. The van der Waals surface area contributed by atoms with E-state index in [-0.39, 0.29) is 35.4 Å². The molecule has 11 heteroatoms. The Balaban J connectivity index is 1.17. The van der Waals surface area contributed by atoms with Gasteiger partial charge in [-0.2, -0.15) is 0 Å². The molecule has 44 heavy (non-hydrogen) atoms. The summed E-state index contributed by atoms with van der Waals surface area (Å²) in [7, 11) is 2.12. The van der Waals surface area contributed by atoms with Gasteiger partial charge in [0.1, 0.15) is 29.7 Å². The fourth-order valence-electron chi connectivity index (χ4n) is 6.42. The van der Waals surface area contributed by atoms with E-state index >= 15 is 0 Å². The monoisotopic (exact) mass is 604 g/mol. The summed E-state index contributed by atoms with van der Waals surface area (Å²) in [5.41, 5.74) is 2.48. The smallest absolute Gasteiger partial charge is 0.258 e. The molecule has 3 aromatic rings. The lowest BCUT2D eigenvalue weighted by Crippen LogP contribution is -2.48. The number of benzene rings is 1. The summed E-state index contributed by atoms with van der Waals surface area (Å²) in [6.07, 6.45) is 9.27. The Morgan fingerprint density at radius 3 is 2.70 bits per heavy atom. The van der Waals surface area contributed by atoms with Crippen molar-refractivity contribution in [1.29, 1.82) is 0 Å². The number of carbonyl (C=O) groups is 1. The molecule has 0 spiro atoms. The molecule has 1 aromatic carbocycles. The highest BCUT2D eigenvalue weighted by Gasteiger charge is 2.32. The van der Waals surface area contributed by atoms with Crippen LogP contribution < -0.4 is 14.4 Å². The van der Waals surface area contributed by atoms with Gasteiger partial charge in [-0.3, -0.25) is 9.78 Å². The van der Waals surface area contributed by atoms with E-state index in [2.05, 4.69) is 31.8 Å². The van der Waals surface area contributed by atoms with Gasteiger partial charge in [0.2, 0.25) is 0 Å². The summed E-state index contributed by atoms with van der Waals surface area (Å²) in [5, 5.41) is 0. The number of hydrogen-bond acceptors (Lipinski definition) is 9. The van der Waals surface area contributed by atoms with Crippen LogP contribution in [0, 0.1) is 5.82 Å². The zero-order valence-electron chi connectivity index (χ0n) is 25.7. The first-order chi connectivity index (χ1) is 21.4. The van der Waals surface area contributed by atoms with Gasteiger partial charge in [0.05, 0.1) is 24.4 Å². The van der Waals surface area contributed by atoms with Crippen molar-refractivity contribution >= 4 is 11.7 Å². The second kappa shape index (κ2) is 13.4. The zero-order valence-corrected chi connectivity index (χ0v) is 25.7. The van der Waals surface area contributed by atoms with E-state index < -0.39 is 5.82 Å². The molecule has 2 aromatic heterocycles. The van der Waals surface area contributed by atoms with Crippen LogP contribution in [0.5, 0.6) is 17.2 Å². The van der Waals surface area contributed by atoms with Crippen LogP contribution >= 0.6 is 0 Å². The van der Waals surface area contributed by atoms with Crippen LogP contribution in [-0.4, -0.2) is 88.7 Å². The number of pyridine rings is 1. The van der Waals surface area contributed by atoms with Crippen molar-refractivity contribution in [2.75, 3.05) is 44.8 Å². The number of halogens is 1. The van der Waals surface area contributed by atoms with Gasteiger partial charge < -0.3 is 28.9 Å². The topological polar surface area (TPSA) is 93.2 Å². The van der Waals surface area contributed by atoms with Crippen molar-refractivity contribution in [3.05, 3.63) is 65.6 Å². The number of piperidine rings is 1. The molecule has 1 amide bonds. The van der Waals surface area contributed by atoms with Gasteiger partial charge in [0, 0.05) is 75.5 Å². The van der Waals surface area contributed by atoms with Gasteiger partial charge in [0.15, 0.2) is 11.6 Å². The highest BCUT2D eigenvalue weighted by atomic mass is 19.1. The highest BCUT2D eigenvalue weighted by molar-refractivity contribution is 5.97. The molecule has 2 fully saturated rings. The number of fused-ring (bicyclic) bond motifs is 1. The van der Waals surface area contributed by atoms with E-state index in [1.807, 2.05) is 26.1 Å². The standard InChI is InChI=1S/C33H41FN6O4/c1-22(2)40(24-5-4-16-42-20-24)33(41)26-17-23(34)6-7-29(26)44-31-18-35-21-37-32(31)39-14-9-25(10-15-39)43-30-8-12-36-28-11-13-38(3)19-27(28)30/h6-8,12,17-18,21-22,24-25H,4-5,9-11,13-16,19-20H2,1-3H3/t24-/m0/s1. The van der Waals surface area contributed by atoms with Crippen LogP contribution in [0.25, 0.3) is 0 Å². The number of anilines is 1. The summed E-state index contributed by atoms with van der Waals surface area (Å²) in [6.45, 7) is 8.35. The van der Waals surface area contributed by atoms with E-state index in [0.717, 1.165) is 56.6 Å². The average molecular weight is 605 g/mol. The molecular formula is C33H41FN6O4. The van der Waals surface area contributed by atoms with Gasteiger partial charge in [-0.05, 0) is 58.0 Å². The molecule has 0 unspecified atom stereocenters. The number of nitrogens with zero attached hydrogens (tertiary/aromatic N) is 6. The van der Waals surface area contributed by atoms with Gasteiger partial charge in [-0.15, -0.1) is 0 Å². The third-order valence-corrected chi connectivity index (χ3v) is 8.67. The molecule has 3 aliphatic heterocycles. The molecule has 0 bridgehead atoms. The molecule has 234 valence electrons. The summed E-state index contributed by atoms with van der Waals surface area (Å²) in [6, 6.07) is 5.86. The minimum absolute atomic E-state index is 0.0725. The van der Waals surface area contributed by atoms with Gasteiger partial charge in [-0.25, -0.2) is 14.4 Å². The molecule has 1 atom stereocenters. The average Bonchev–Trinajstić information content (AvgIpc) is 3.03. The Kier molecular flexibility index (Phi) is 9.22. The highest BCUT2D eigenvalue weighted by Crippen LogP contribution is 2.35. The van der Waals surface area contributed by atoms with Crippen molar-refractivity contribution in [2.24, 2.45) is 0 Å². The molecule has 2 saturated heterocycles. The van der Waals surface area contributed by atoms with Crippen LogP contribution in [0.4, 0.5) is 10.2 Å². The quantitative estimate of drug-likeness (QED) is 0.357. The number of carbonyl (C=O) groups excluding carboxylic acids is 1. The van der Waals surface area contributed by atoms with Crippen molar-refractivity contribution in [3.8, 4) is 17.2 Å². The molecule has 0 radical (unpaired) electrons. The van der Waals surface area contributed by atoms with Crippen molar-refractivity contribution in [1.82, 2.24) is 24.8 Å². The van der Waals surface area contributed by atoms with Crippen molar-refractivity contribution in [2.45, 2.75) is 70.7 Å². The number of amides is 1. The fourth-order valence-corrected chi connectivity index (χ4v) is 6.42. The molecule has 0 N–H and O–H groups in total. The Morgan fingerprint density at radius 1 is 1.09 bits per heavy atom. The minimum Gasteiger partial charge on any atom is -0.490 e. The van der Waals surface area contributed by atoms with Gasteiger partial charge in [-0.1, -0.05) is 0 Å². The maximum Gasteiger partial charge on any atom is 0.258 e. The summed E-state index contributed by atoms with van der Waals surface area (Å²) < 4.78 is 33.0. The predicted molar refractivity (Wildman–Crippen MR) is 164 cm³/mol. The summed E-state index contributed by atoms with van der Waals surface area (Å²) in [4.78, 5) is 33.4. The molecule has 0 saturated carbocycles. The lowest BCUT2D eigenvalue weighted by atomic mass is 10.0. The second-order valence-electron chi connectivity index (χ2n) is 12.2. The van der Waals surface area contributed by atoms with Crippen LogP contribution in [0.1, 0.15) is 61.1 Å². The molecule has 10 nitrogen and oxygen atoms in total. The number of hydrogen-bond donors (Lipinski definition) is 0. The Hall–Kier alpha value is -3.83. The van der Waals surface area contributed by atoms with Crippen LogP contribution in [-0.2, 0) is 17.7 Å². The minimum atomic E-state index is -0.502.